The Labute approximate surface area is 203 Å². The molecule has 3 heterocycles. The van der Waals surface area contributed by atoms with Crippen molar-refractivity contribution in [3.63, 3.8) is 0 Å². The summed E-state index contributed by atoms with van der Waals surface area (Å²) in [5, 5.41) is 12.9. The topological polar surface area (TPSA) is 81.6 Å². The third-order valence-electron chi connectivity index (χ3n) is 7.01. The molecule has 2 aliphatic heterocycles. The lowest BCUT2D eigenvalue weighted by Gasteiger charge is -2.41. The second-order valence-electron chi connectivity index (χ2n) is 9.36. The zero-order valence-corrected chi connectivity index (χ0v) is 19.9. The number of rotatable bonds is 6. The smallest absolute Gasteiger partial charge is 0.393 e. The van der Waals surface area contributed by atoms with Gasteiger partial charge in [-0.2, -0.15) is 13.2 Å². The van der Waals surface area contributed by atoms with E-state index in [1.165, 1.54) is 12.4 Å². The molecule has 7 nitrogen and oxygen atoms in total. The van der Waals surface area contributed by atoms with E-state index >= 15 is 0 Å². The van der Waals surface area contributed by atoms with Crippen LogP contribution < -0.4 is 5.32 Å². The average molecular weight is 492 g/mol. The van der Waals surface area contributed by atoms with Gasteiger partial charge in [-0.1, -0.05) is 18.2 Å². The fourth-order valence-electron chi connectivity index (χ4n) is 4.91. The molecule has 2 aromatic rings. The molecule has 0 atom stereocenters. The number of aromatic nitrogens is 2. The van der Waals surface area contributed by atoms with E-state index < -0.39 is 11.7 Å². The van der Waals surface area contributed by atoms with Crippen LogP contribution in [0, 0.1) is 6.92 Å². The molecular weight excluding hydrogens is 459 g/mol. The Hall–Kier alpha value is -2.72. The van der Waals surface area contributed by atoms with Gasteiger partial charge in [-0.25, -0.2) is 9.97 Å². The first-order valence-electron chi connectivity index (χ1n) is 12.2. The van der Waals surface area contributed by atoms with Crippen LogP contribution in [-0.2, 0) is 12.6 Å². The Morgan fingerprint density at radius 3 is 2.51 bits per heavy atom. The van der Waals surface area contributed by atoms with Crippen LogP contribution in [0.25, 0.3) is 0 Å². The fourth-order valence-corrected chi connectivity index (χ4v) is 4.91. The van der Waals surface area contributed by atoms with Crippen molar-refractivity contribution in [1.29, 1.82) is 0 Å². The monoisotopic (exact) mass is 491 g/mol. The highest BCUT2D eigenvalue weighted by atomic mass is 19.4. The number of likely N-dealkylation sites (tertiary alicyclic amines) is 2. The van der Waals surface area contributed by atoms with Gasteiger partial charge in [0.05, 0.1) is 11.7 Å². The van der Waals surface area contributed by atoms with Crippen molar-refractivity contribution >= 4 is 11.7 Å². The molecule has 4 rings (SSSR count). The number of amides is 1. The van der Waals surface area contributed by atoms with E-state index in [4.69, 9.17) is 0 Å². The number of nitrogens with one attached hydrogen (secondary N) is 1. The lowest BCUT2D eigenvalue weighted by molar-refractivity contribution is -0.137. The van der Waals surface area contributed by atoms with Gasteiger partial charge >= 0.3 is 6.18 Å². The maximum absolute atomic E-state index is 13.2. The molecule has 0 bridgehead atoms. The normalized spacial score (nSPS) is 18.6. The summed E-state index contributed by atoms with van der Waals surface area (Å²) in [6.07, 6.45) is 0.582. The molecule has 0 aliphatic carbocycles. The number of nitrogens with zero attached hydrogens (tertiary/aromatic N) is 4. The molecule has 0 saturated carbocycles. The van der Waals surface area contributed by atoms with Crippen LogP contribution in [0.1, 0.15) is 52.9 Å². The molecule has 2 fully saturated rings. The van der Waals surface area contributed by atoms with Crippen LogP contribution >= 0.6 is 0 Å². The van der Waals surface area contributed by atoms with Gasteiger partial charge in [-0.3, -0.25) is 4.79 Å². The number of anilines is 1. The number of alkyl halides is 3. The maximum atomic E-state index is 13.2. The van der Waals surface area contributed by atoms with Crippen LogP contribution in [-0.4, -0.2) is 75.7 Å². The van der Waals surface area contributed by atoms with E-state index in [0.717, 1.165) is 50.9 Å². The van der Waals surface area contributed by atoms with Gasteiger partial charge in [0.25, 0.3) is 5.91 Å². The first-order valence-corrected chi connectivity index (χ1v) is 12.2. The fraction of sp³-hybridized carbons (Fsp3) is 0.560. The van der Waals surface area contributed by atoms with Crippen LogP contribution in [0.15, 0.2) is 30.6 Å². The molecule has 0 unspecified atom stereocenters. The minimum Gasteiger partial charge on any atom is -0.393 e. The summed E-state index contributed by atoms with van der Waals surface area (Å²) in [5.41, 5.74) is 0.888. The number of piperidine rings is 2. The first-order chi connectivity index (χ1) is 16.7. The minimum absolute atomic E-state index is 0.127. The van der Waals surface area contributed by atoms with Gasteiger partial charge in [-0.15, -0.1) is 0 Å². The predicted molar refractivity (Wildman–Crippen MR) is 126 cm³/mol. The number of halogens is 3. The zero-order valence-electron chi connectivity index (χ0n) is 19.9. The van der Waals surface area contributed by atoms with Crippen molar-refractivity contribution in [3.05, 3.63) is 53.0 Å². The number of hydrogen-bond donors (Lipinski definition) is 2. The van der Waals surface area contributed by atoms with E-state index in [1.807, 2.05) is 4.90 Å². The number of aliphatic hydroxyl groups is 1. The van der Waals surface area contributed by atoms with Crippen molar-refractivity contribution in [3.8, 4) is 0 Å². The van der Waals surface area contributed by atoms with Crippen molar-refractivity contribution in [2.45, 2.75) is 57.3 Å². The average Bonchev–Trinajstić information content (AvgIpc) is 2.85. The summed E-state index contributed by atoms with van der Waals surface area (Å²) < 4.78 is 38.8. The summed E-state index contributed by atoms with van der Waals surface area (Å²) in [5.74, 6) is 0.385. The molecule has 2 saturated heterocycles. The Morgan fingerprint density at radius 2 is 1.83 bits per heavy atom. The van der Waals surface area contributed by atoms with Gasteiger partial charge in [0.15, 0.2) is 0 Å². The Bertz CT molecular complexity index is 1020. The van der Waals surface area contributed by atoms with Gasteiger partial charge in [0, 0.05) is 44.3 Å². The molecule has 0 spiro atoms. The molecule has 1 amide bonds. The number of carbonyl (C=O) groups is 1. The molecule has 190 valence electrons. The Kier molecular flexibility index (Phi) is 7.91. The minimum atomic E-state index is -4.37. The number of aliphatic hydroxyl groups excluding tert-OH is 1. The van der Waals surface area contributed by atoms with Crippen molar-refractivity contribution in [1.82, 2.24) is 19.8 Å². The molecule has 2 aliphatic rings. The highest BCUT2D eigenvalue weighted by Gasteiger charge is 2.31. The van der Waals surface area contributed by atoms with E-state index in [0.29, 0.717) is 54.7 Å². The van der Waals surface area contributed by atoms with E-state index in [9.17, 15) is 23.1 Å². The molecule has 0 radical (unpaired) electrons. The summed E-state index contributed by atoms with van der Waals surface area (Å²) in [7, 11) is 0. The Balaban J connectivity index is 1.32. The van der Waals surface area contributed by atoms with Crippen LogP contribution in [0.3, 0.4) is 0 Å². The lowest BCUT2D eigenvalue weighted by atomic mass is 9.98. The molecule has 1 aromatic heterocycles. The largest absolute Gasteiger partial charge is 0.416 e. The Morgan fingerprint density at radius 1 is 1.11 bits per heavy atom. The lowest BCUT2D eigenvalue weighted by Crippen LogP contribution is -2.49. The number of benzene rings is 1. The number of hydrogen-bond acceptors (Lipinski definition) is 6. The van der Waals surface area contributed by atoms with Crippen LogP contribution in [0.4, 0.5) is 19.0 Å². The van der Waals surface area contributed by atoms with Gasteiger partial charge in [0.1, 0.15) is 17.8 Å². The van der Waals surface area contributed by atoms with Gasteiger partial charge < -0.3 is 20.2 Å². The summed E-state index contributed by atoms with van der Waals surface area (Å²) in [6.45, 7) is 5.28. The van der Waals surface area contributed by atoms with Crippen LogP contribution in [0.5, 0.6) is 0 Å². The van der Waals surface area contributed by atoms with E-state index in [1.54, 1.807) is 13.0 Å². The van der Waals surface area contributed by atoms with Crippen molar-refractivity contribution in [2.24, 2.45) is 0 Å². The second-order valence-corrected chi connectivity index (χ2v) is 9.36. The zero-order chi connectivity index (χ0) is 25.0. The molecule has 10 heteroatoms. The second kappa shape index (κ2) is 10.9. The van der Waals surface area contributed by atoms with E-state index in [2.05, 4.69) is 20.2 Å². The highest BCUT2D eigenvalue weighted by molar-refractivity contribution is 5.94. The first kappa shape index (κ1) is 25.4. The molecular formula is C25H32F3N5O2. The van der Waals surface area contributed by atoms with Crippen molar-refractivity contribution < 1.29 is 23.1 Å². The third kappa shape index (κ3) is 6.29. The number of carbonyl (C=O) groups excluding carboxylic acids is 1. The standard InChI is InChI=1S/C25H32F3N5O2/c1-17-22(24(35)33-11-6-20(7-12-33)32-13-8-21(34)9-14-32)30-16-31-23(17)29-10-5-18-3-2-4-19(15-18)25(26,27)28/h2-4,15-16,20-21,34H,5-14H2,1H3,(H,29,30,31). The third-order valence-corrected chi connectivity index (χ3v) is 7.01. The van der Waals surface area contributed by atoms with E-state index in [-0.39, 0.29) is 12.0 Å². The summed E-state index contributed by atoms with van der Waals surface area (Å²) in [4.78, 5) is 25.9. The highest BCUT2D eigenvalue weighted by Crippen LogP contribution is 2.29. The summed E-state index contributed by atoms with van der Waals surface area (Å²) >= 11 is 0. The maximum Gasteiger partial charge on any atom is 0.416 e. The quantitative estimate of drug-likeness (QED) is 0.644. The van der Waals surface area contributed by atoms with Crippen molar-refractivity contribution in [2.75, 3.05) is 38.0 Å². The van der Waals surface area contributed by atoms with Gasteiger partial charge in [0.2, 0.25) is 0 Å². The predicted octanol–water partition coefficient (Wildman–Crippen LogP) is 3.52. The van der Waals surface area contributed by atoms with Gasteiger partial charge in [-0.05, 0) is 50.7 Å². The summed E-state index contributed by atoms with van der Waals surface area (Å²) in [6, 6.07) is 5.71. The molecule has 35 heavy (non-hydrogen) atoms. The molecule has 2 N–H and O–H groups in total. The SMILES string of the molecule is Cc1c(NCCc2cccc(C(F)(F)F)c2)ncnc1C(=O)N1CCC(N2CCC(O)CC2)CC1. The van der Waals surface area contributed by atoms with Crippen LogP contribution in [0.2, 0.25) is 0 Å². The molecule has 1 aromatic carbocycles.